The number of unbranched alkanes of at least 4 members (excludes halogenated alkanes) is 11. The van der Waals surface area contributed by atoms with E-state index in [2.05, 4.69) is 6.92 Å². The molecule has 0 aromatic heterocycles. The number of nitrogens with zero attached hydrogens (tertiary/aromatic N) is 1. The first kappa shape index (κ1) is 33.6. The van der Waals surface area contributed by atoms with Gasteiger partial charge < -0.3 is 14.4 Å². The Morgan fingerprint density at radius 1 is 0.850 bits per heavy atom. The predicted octanol–water partition coefficient (Wildman–Crippen LogP) is 7.80. The van der Waals surface area contributed by atoms with Gasteiger partial charge in [0.2, 0.25) is 5.91 Å². The van der Waals surface area contributed by atoms with Crippen molar-refractivity contribution in [2.75, 3.05) is 24.9 Å². The Labute approximate surface area is 242 Å². The van der Waals surface area contributed by atoms with Crippen LogP contribution in [0.5, 0.6) is 11.5 Å². The normalized spacial score (nSPS) is 11.4. The molecule has 224 valence electrons. The molecular weight excluding hydrogens is 526 g/mol. The second kappa shape index (κ2) is 18.7. The number of ether oxygens (including phenoxy) is 2. The van der Waals surface area contributed by atoms with Crippen LogP contribution in [0, 0.1) is 0 Å². The van der Waals surface area contributed by atoms with Crippen LogP contribution >= 0.6 is 0 Å². The third-order valence-electron chi connectivity index (χ3n) is 6.90. The van der Waals surface area contributed by atoms with Gasteiger partial charge in [0.05, 0.1) is 33.1 Å². The van der Waals surface area contributed by atoms with Crippen LogP contribution in [0.4, 0.5) is 5.69 Å². The standard InChI is InChI=1S/C32H49NO6S/c1-5-6-7-8-9-10-11-12-13-14-15-16-22-38-32-24-31(37-3)21-20-29(32)25-33(27(2)34)30-19-17-18-28(23-30)26-39-40(4,35)36/h17-21,23-24H,5-16,22,25-26H2,1-4H3. The average Bonchev–Trinajstić information content (AvgIpc) is 2.93. The molecule has 2 aromatic rings. The summed E-state index contributed by atoms with van der Waals surface area (Å²) < 4.78 is 39.3. The number of hydrogen-bond donors (Lipinski definition) is 0. The molecule has 8 heteroatoms. The van der Waals surface area contributed by atoms with Gasteiger partial charge in [-0.05, 0) is 36.2 Å². The fourth-order valence-corrected chi connectivity index (χ4v) is 4.95. The van der Waals surface area contributed by atoms with Crippen molar-refractivity contribution >= 4 is 21.7 Å². The fraction of sp³-hybridized carbons (Fsp3) is 0.594. The summed E-state index contributed by atoms with van der Waals surface area (Å²) in [5.74, 6) is 1.26. The van der Waals surface area contributed by atoms with Crippen molar-refractivity contribution in [3.63, 3.8) is 0 Å². The molecule has 0 spiro atoms. The zero-order valence-electron chi connectivity index (χ0n) is 25.0. The van der Waals surface area contributed by atoms with Crippen molar-refractivity contribution in [3.05, 3.63) is 53.6 Å². The smallest absolute Gasteiger partial charge is 0.264 e. The number of rotatable bonds is 21. The van der Waals surface area contributed by atoms with Crippen molar-refractivity contribution in [1.82, 2.24) is 0 Å². The molecule has 0 N–H and O–H groups in total. The third-order valence-corrected chi connectivity index (χ3v) is 7.45. The summed E-state index contributed by atoms with van der Waals surface area (Å²) in [6.45, 7) is 4.60. The molecule has 0 aliphatic heterocycles. The number of amides is 1. The topological polar surface area (TPSA) is 82.1 Å². The minimum atomic E-state index is -3.57. The molecule has 0 aliphatic carbocycles. The van der Waals surface area contributed by atoms with Crippen LogP contribution in [0.15, 0.2) is 42.5 Å². The second-order valence-electron chi connectivity index (χ2n) is 10.5. The van der Waals surface area contributed by atoms with Gasteiger partial charge in [-0.1, -0.05) is 89.7 Å². The minimum absolute atomic E-state index is 0.0889. The maximum atomic E-state index is 12.6. The van der Waals surface area contributed by atoms with Crippen molar-refractivity contribution in [1.29, 1.82) is 0 Å². The summed E-state index contributed by atoms with van der Waals surface area (Å²) in [5.41, 5.74) is 2.19. The summed E-state index contributed by atoms with van der Waals surface area (Å²) in [6, 6.07) is 12.8. The molecule has 0 radical (unpaired) electrons. The number of benzene rings is 2. The zero-order valence-corrected chi connectivity index (χ0v) is 25.8. The van der Waals surface area contributed by atoms with E-state index in [9.17, 15) is 13.2 Å². The first-order valence-electron chi connectivity index (χ1n) is 14.7. The molecule has 1 amide bonds. The van der Waals surface area contributed by atoms with E-state index in [0.717, 1.165) is 24.7 Å². The van der Waals surface area contributed by atoms with Gasteiger partial charge in [-0.3, -0.25) is 8.98 Å². The SMILES string of the molecule is CCCCCCCCCCCCCCOc1cc(OC)ccc1CN(C(C)=O)c1cccc(COS(C)(=O)=O)c1. The maximum Gasteiger partial charge on any atom is 0.264 e. The molecule has 2 rings (SSSR count). The van der Waals surface area contributed by atoms with Crippen LogP contribution in [0.2, 0.25) is 0 Å². The van der Waals surface area contributed by atoms with Gasteiger partial charge in [-0.2, -0.15) is 8.42 Å². The van der Waals surface area contributed by atoms with E-state index >= 15 is 0 Å². The maximum absolute atomic E-state index is 12.6. The Hall–Kier alpha value is -2.58. The molecule has 0 saturated heterocycles. The average molecular weight is 576 g/mol. The molecule has 40 heavy (non-hydrogen) atoms. The molecule has 0 heterocycles. The Morgan fingerprint density at radius 2 is 1.48 bits per heavy atom. The van der Waals surface area contributed by atoms with Crippen LogP contribution in [0.25, 0.3) is 0 Å². The number of hydrogen-bond acceptors (Lipinski definition) is 6. The van der Waals surface area contributed by atoms with E-state index < -0.39 is 10.1 Å². The predicted molar refractivity (Wildman–Crippen MR) is 163 cm³/mol. The molecule has 0 saturated carbocycles. The summed E-state index contributed by atoms with van der Waals surface area (Å²) in [4.78, 5) is 14.3. The van der Waals surface area contributed by atoms with E-state index in [1.165, 1.54) is 71.1 Å². The molecule has 0 fully saturated rings. The summed E-state index contributed by atoms with van der Waals surface area (Å²) in [6.07, 6.45) is 16.5. The molecule has 0 bridgehead atoms. The largest absolute Gasteiger partial charge is 0.497 e. The Bertz CT molecular complexity index is 1120. The molecular formula is C32H49NO6S. The van der Waals surface area contributed by atoms with Crippen molar-refractivity contribution in [2.45, 2.75) is 104 Å². The number of methoxy groups -OCH3 is 1. The summed E-state index contributed by atoms with van der Waals surface area (Å²) in [7, 11) is -1.94. The lowest BCUT2D eigenvalue weighted by Crippen LogP contribution is -2.28. The molecule has 0 atom stereocenters. The summed E-state index contributed by atoms with van der Waals surface area (Å²) >= 11 is 0. The van der Waals surface area contributed by atoms with E-state index in [4.69, 9.17) is 13.7 Å². The van der Waals surface area contributed by atoms with Crippen molar-refractivity contribution in [3.8, 4) is 11.5 Å². The first-order valence-corrected chi connectivity index (χ1v) is 16.6. The molecule has 0 unspecified atom stereocenters. The van der Waals surface area contributed by atoms with E-state index in [-0.39, 0.29) is 12.5 Å². The number of carbonyl (C=O) groups is 1. The quantitative estimate of drug-likeness (QED) is 0.112. The van der Waals surface area contributed by atoms with Crippen LogP contribution in [-0.4, -0.2) is 34.3 Å². The summed E-state index contributed by atoms with van der Waals surface area (Å²) in [5, 5.41) is 0. The first-order chi connectivity index (χ1) is 19.2. The Morgan fingerprint density at radius 3 is 2.05 bits per heavy atom. The monoisotopic (exact) mass is 575 g/mol. The van der Waals surface area contributed by atoms with E-state index in [0.29, 0.717) is 35.9 Å². The van der Waals surface area contributed by atoms with Gasteiger partial charge in [-0.15, -0.1) is 0 Å². The Balaban J connectivity index is 1.89. The molecule has 7 nitrogen and oxygen atoms in total. The molecule has 2 aromatic carbocycles. The Kier molecular flexibility index (Phi) is 15.7. The lowest BCUT2D eigenvalue weighted by atomic mass is 10.1. The van der Waals surface area contributed by atoms with Gasteiger partial charge >= 0.3 is 0 Å². The van der Waals surface area contributed by atoms with Crippen LogP contribution in [-0.2, 0) is 32.2 Å². The van der Waals surface area contributed by atoms with Gasteiger partial charge in [-0.25, -0.2) is 0 Å². The van der Waals surface area contributed by atoms with Crippen LogP contribution < -0.4 is 14.4 Å². The van der Waals surface area contributed by atoms with Crippen molar-refractivity contribution < 1.29 is 26.9 Å². The number of anilines is 1. The van der Waals surface area contributed by atoms with Gasteiger partial charge in [0.15, 0.2) is 0 Å². The van der Waals surface area contributed by atoms with Crippen LogP contribution in [0.1, 0.15) is 102 Å². The van der Waals surface area contributed by atoms with E-state index in [1.807, 2.05) is 24.3 Å². The highest BCUT2D eigenvalue weighted by Gasteiger charge is 2.17. The van der Waals surface area contributed by atoms with Crippen molar-refractivity contribution in [2.24, 2.45) is 0 Å². The zero-order chi connectivity index (χ0) is 29.2. The van der Waals surface area contributed by atoms with Crippen LogP contribution in [0.3, 0.4) is 0 Å². The van der Waals surface area contributed by atoms with E-state index in [1.54, 1.807) is 30.2 Å². The van der Waals surface area contributed by atoms with Gasteiger partial charge in [0.1, 0.15) is 11.5 Å². The number of carbonyl (C=O) groups excluding carboxylic acids is 1. The highest BCUT2D eigenvalue weighted by molar-refractivity contribution is 7.85. The fourth-order valence-electron chi connectivity index (χ4n) is 4.60. The van der Waals surface area contributed by atoms with Gasteiger partial charge in [0.25, 0.3) is 10.1 Å². The minimum Gasteiger partial charge on any atom is -0.497 e. The lowest BCUT2D eigenvalue weighted by molar-refractivity contribution is -0.116. The highest BCUT2D eigenvalue weighted by Crippen LogP contribution is 2.29. The third kappa shape index (κ3) is 13.7. The lowest BCUT2D eigenvalue weighted by Gasteiger charge is -2.23. The molecule has 0 aliphatic rings. The second-order valence-corrected chi connectivity index (χ2v) is 12.1. The highest BCUT2D eigenvalue weighted by atomic mass is 32.2. The van der Waals surface area contributed by atoms with Gasteiger partial charge in [0, 0.05) is 24.2 Å².